The number of benzene rings is 1. The molecule has 0 spiro atoms. The predicted molar refractivity (Wildman–Crippen MR) is 108 cm³/mol. The van der Waals surface area contributed by atoms with Gasteiger partial charge >= 0.3 is 0 Å². The van der Waals surface area contributed by atoms with Gasteiger partial charge in [-0.15, -0.1) is 0 Å². The van der Waals surface area contributed by atoms with E-state index in [1.165, 1.54) is 18.5 Å². The molecule has 0 N–H and O–H groups in total. The quantitative estimate of drug-likeness (QED) is 0.652. The molecule has 26 heavy (non-hydrogen) atoms. The Hall–Kier alpha value is -2.36. The maximum atomic E-state index is 13.0. The third kappa shape index (κ3) is 5.32. The van der Waals surface area contributed by atoms with Gasteiger partial charge in [-0.3, -0.25) is 9.78 Å². The molecule has 0 saturated carbocycles. The van der Waals surface area contributed by atoms with E-state index in [1.54, 1.807) is 6.20 Å². The molecule has 4 nitrogen and oxygen atoms in total. The second-order valence-corrected chi connectivity index (χ2v) is 6.87. The Morgan fingerprint density at radius 2 is 1.85 bits per heavy atom. The average molecular weight is 354 g/mol. The van der Waals surface area contributed by atoms with Crippen molar-refractivity contribution in [2.24, 2.45) is 0 Å². The maximum absolute atomic E-state index is 13.0. The molecule has 1 amide bonds. The van der Waals surface area contributed by atoms with Crippen molar-refractivity contribution in [2.45, 2.75) is 53.1 Å². The Morgan fingerprint density at radius 1 is 1.12 bits per heavy atom. The maximum Gasteiger partial charge on any atom is 0.254 e. The van der Waals surface area contributed by atoms with Crippen molar-refractivity contribution < 1.29 is 4.79 Å². The first-order valence-corrected chi connectivity index (χ1v) is 9.61. The van der Waals surface area contributed by atoms with Crippen LogP contribution in [0, 0.1) is 0 Å². The van der Waals surface area contributed by atoms with E-state index in [0.29, 0.717) is 6.54 Å². The highest BCUT2D eigenvalue weighted by molar-refractivity contribution is 5.94. The van der Waals surface area contributed by atoms with Crippen LogP contribution in [0.25, 0.3) is 0 Å². The summed E-state index contributed by atoms with van der Waals surface area (Å²) in [6.45, 7) is 11.1. The summed E-state index contributed by atoms with van der Waals surface area (Å²) in [7, 11) is 0. The number of rotatable bonds is 9. The summed E-state index contributed by atoms with van der Waals surface area (Å²) in [6.07, 6.45) is 5.94. The molecular formula is C22H31N3O. The van der Waals surface area contributed by atoms with Crippen molar-refractivity contribution in [2.75, 3.05) is 18.0 Å². The van der Waals surface area contributed by atoms with E-state index in [0.717, 1.165) is 24.2 Å². The molecule has 1 heterocycles. The van der Waals surface area contributed by atoms with Crippen LogP contribution in [0.5, 0.6) is 0 Å². The zero-order chi connectivity index (χ0) is 18.9. The topological polar surface area (TPSA) is 36.4 Å². The lowest BCUT2D eigenvalue weighted by Gasteiger charge is -2.27. The van der Waals surface area contributed by atoms with E-state index in [9.17, 15) is 4.79 Å². The minimum absolute atomic E-state index is 0.0620. The molecule has 0 unspecified atom stereocenters. The molecule has 0 saturated heterocycles. The van der Waals surface area contributed by atoms with Gasteiger partial charge in [0.25, 0.3) is 5.91 Å². The molecule has 0 bridgehead atoms. The van der Waals surface area contributed by atoms with Gasteiger partial charge in [0.05, 0.1) is 0 Å². The molecule has 1 aromatic carbocycles. The van der Waals surface area contributed by atoms with Crippen molar-refractivity contribution in [1.29, 1.82) is 0 Å². The molecule has 0 aliphatic rings. The third-order valence-corrected chi connectivity index (χ3v) is 4.60. The first kappa shape index (κ1) is 20.0. The van der Waals surface area contributed by atoms with Gasteiger partial charge in [0, 0.05) is 49.3 Å². The minimum atomic E-state index is 0.0620. The van der Waals surface area contributed by atoms with Crippen LogP contribution in [0.2, 0.25) is 0 Å². The molecule has 0 fully saturated rings. The Morgan fingerprint density at radius 3 is 2.38 bits per heavy atom. The van der Waals surface area contributed by atoms with Crippen LogP contribution in [0.15, 0.2) is 48.8 Å². The normalized spacial score (nSPS) is 10.8. The smallest absolute Gasteiger partial charge is 0.254 e. The van der Waals surface area contributed by atoms with E-state index in [2.05, 4.69) is 35.9 Å². The van der Waals surface area contributed by atoms with Gasteiger partial charge in [0.1, 0.15) is 0 Å². The molecule has 2 aromatic rings. The van der Waals surface area contributed by atoms with Gasteiger partial charge < -0.3 is 9.80 Å². The zero-order valence-electron chi connectivity index (χ0n) is 16.5. The lowest BCUT2D eigenvalue weighted by Crippen LogP contribution is -2.36. The Balaban J connectivity index is 2.13. The van der Waals surface area contributed by atoms with Crippen LogP contribution >= 0.6 is 0 Å². The number of hydrogen-bond donors (Lipinski definition) is 0. The SMILES string of the molecule is CCCCN(CC)c1ccc(C(=O)N(Cc2cccnc2)C(C)C)cc1. The molecule has 0 radical (unpaired) electrons. The minimum Gasteiger partial charge on any atom is -0.372 e. The van der Waals surface area contributed by atoms with E-state index < -0.39 is 0 Å². The van der Waals surface area contributed by atoms with Crippen LogP contribution in [-0.2, 0) is 6.54 Å². The highest BCUT2D eigenvalue weighted by Gasteiger charge is 2.19. The van der Waals surface area contributed by atoms with Gasteiger partial charge in [-0.2, -0.15) is 0 Å². The van der Waals surface area contributed by atoms with Crippen LogP contribution in [0.1, 0.15) is 56.5 Å². The first-order valence-electron chi connectivity index (χ1n) is 9.61. The van der Waals surface area contributed by atoms with E-state index in [4.69, 9.17) is 0 Å². The number of pyridine rings is 1. The second kappa shape index (κ2) is 9.95. The first-order chi connectivity index (χ1) is 12.6. The monoisotopic (exact) mass is 353 g/mol. The number of aromatic nitrogens is 1. The summed E-state index contributed by atoms with van der Waals surface area (Å²) < 4.78 is 0. The number of carbonyl (C=O) groups excluding carboxylic acids is 1. The summed E-state index contributed by atoms with van der Waals surface area (Å²) in [5.74, 6) is 0.0620. The van der Waals surface area contributed by atoms with Crippen molar-refractivity contribution in [3.05, 3.63) is 59.9 Å². The second-order valence-electron chi connectivity index (χ2n) is 6.87. The number of nitrogens with zero attached hydrogens (tertiary/aromatic N) is 3. The van der Waals surface area contributed by atoms with E-state index in [1.807, 2.05) is 49.2 Å². The Labute approximate surface area is 157 Å². The molecule has 2 rings (SSSR count). The standard InChI is InChI=1S/C22H31N3O/c1-5-7-15-24(6-2)21-12-10-20(11-13-21)22(26)25(18(3)4)17-19-9-8-14-23-16-19/h8-14,16,18H,5-7,15,17H2,1-4H3. The number of amides is 1. The molecule has 0 aliphatic heterocycles. The summed E-state index contributed by atoms with van der Waals surface area (Å²) in [5.41, 5.74) is 2.96. The third-order valence-electron chi connectivity index (χ3n) is 4.60. The predicted octanol–water partition coefficient (Wildman–Crippen LogP) is 4.76. The number of unbranched alkanes of at least 4 members (excludes halogenated alkanes) is 1. The number of anilines is 1. The largest absolute Gasteiger partial charge is 0.372 e. The van der Waals surface area contributed by atoms with E-state index in [-0.39, 0.29) is 11.9 Å². The van der Waals surface area contributed by atoms with Crippen LogP contribution in [0.4, 0.5) is 5.69 Å². The lowest BCUT2D eigenvalue weighted by atomic mass is 10.1. The van der Waals surface area contributed by atoms with Gasteiger partial charge in [0.2, 0.25) is 0 Å². The zero-order valence-corrected chi connectivity index (χ0v) is 16.5. The average Bonchev–Trinajstić information content (AvgIpc) is 2.67. The molecule has 0 atom stereocenters. The van der Waals surface area contributed by atoms with Crippen molar-refractivity contribution in [3.63, 3.8) is 0 Å². The number of hydrogen-bond acceptors (Lipinski definition) is 3. The summed E-state index contributed by atoms with van der Waals surface area (Å²) >= 11 is 0. The van der Waals surface area contributed by atoms with Crippen molar-refractivity contribution in [1.82, 2.24) is 9.88 Å². The van der Waals surface area contributed by atoms with Gasteiger partial charge in [-0.1, -0.05) is 19.4 Å². The van der Waals surface area contributed by atoms with Crippen LogP contribution in [-0.4, -0.2) is 34.9 Å². The van der Waals surface area contributed by atoms with Gasteiger partial charge in [-0.05, 0) is 63.1 Å². The number of carbonyl (C=O) groups is 1. The summed E-state index contributed by atoms with van der Waals surface area (Å²) in [5, 5.41) is 0. The fraction of sp³-hybridized carbons (Fsp3) is 0.455. The highest BCUT2D eigenvalue weighted by Crippen LogP contribution is 2.19. The molecule has 0 aliphatic carbocycles. The Kier molecular flexibility index (Phi) is 7.64. The highest BCUT2D eigenvalue weighted by atomic mass is 16.2. The molecule has 140 valence electrons. The summed E-state index contributed by atoms with van der Waals surface area (Å²) in [6, 6.07) is 12.1. The van der Waals surface area contributed by atoms with E-state index >= 15 is 0 Å². The molecule has 4 heteroatoms. The molecule has 1 aromatic heterocycles. The van der Waals surface area contributed by atoms with Crippen LogP contribution < -0.4 is 4.90 Å². The van der Waals surface area contributed by atoms with Gasteiger partial charge in [0.15, 0.2) is 0 Å². The van der Waals surface area contributed by atoms with Crippen LogP contribution in [0.3, 0.4) is 0 Å². The Bertz CT molecular complexity index is 668. The molecular weight excluding hydrogens is 322 g/mol. The van der Waals surface area contributed by atoms with Crippen molar-refractivity contribution in [3.8, 4) is 0 Å². The lowest BCUT2D eigenvalue weighted by molar-refractivity contribution is 0.0690. The fourth-order valence-corrected chi connectivity index (χ4v) is 2.98. The van der Waals surface area contributed by atoms with Gasteiger partial charge in [-0.25, -0.2) is 0 Å². The fourth-order valence-electron chi connectivity index (χ4n) is 2.98. The van der Waals surface area contributed by atoms with Crippen molar-refractivity contribution >= 4 is 11.6 Å². The summed E-state index contributed by atoms with van der Waals surface area (Å²) in [4.78, 5) is 21.4.